The Balaban J connectivity index is 3.96. The topological polar surface area (TPSA) is 76.1 Å². The summed E-state index contributed by atoms with van der Waals surface area (Å²) in [5.74, 6) is 0.771. The van der Waals surface area contributed by atoms with E-state index in [1.54, 1.807) is 0 Å². The molecular formula is C44H87NO5. The van der Waals surface area contributed by atoms with E-state index in [0.29, 0.717) is 19.4 Å². The maximum absolute atomic E-state index is 12.7. The lowest BCUT2D eigenvalue weighted by molar-refractivity contribution is -0.150. The molecule has 6 heteroatoms. The molecule has 0 spiro atoms. The fraction of sp³-hybridized carbons (Fsp3) is 0.955. The number of carbonyl (C=O) groups excluding carboxylic acids is 2. The van der Waals surface area contributed by atoms with Crippen LogP contribution in [-0.2, 0) is 19.1 Å². The van der Waals surface area contributed by atoms with E-state index in [1.807, 2.05) is 0 Å². The Bertz CT molecular complexity index is 699. The number of rotatable bonds is 40. The van der Waals surface area contributed by atoms with Gasteiger partial charge in [-0.25, -0.2) is 0 Å². The van der Waals surface area contributed by atoms with Crippen molar-refractivity contribution in [3.63, 3.8) is 0 Å². The molecule has 1 N–H and O–H groups in total. The van der Waals surface area contributed by atoms with Crippen molar-refractivity contribution in [2.24, 2.45) is 5.92 Å². The molecule has 0 aromatic heterocycles. The maximum Gasteiger partial charge on any atom is 0.306 e. The standard InChI is InChI=1S/C44H87NO5/c1-5-7-9-11-17-24-32-42(33-25-18-12-10-8-6-2)50-44(48)35-27-20-15-21-28-36-45(38-39-46)37-29-22-30-40-49-43(47)34-26-19-14-13-16-23-31-41(3)4/h41-42,46H,5-40H2,1-4H3. The minimum Gasteiger partial charge on any atom is -0.466 e. The predicted molar refractivity (Wildman–Crippen MR) is 214 cm³/mol. The van der Waals surface area contributed by atoms with E-state index in [2.05, 4.69) is 32.6 Å². The summed E-state index contributed by atoms with van der Waals surface area (Å²) in [6.07, 6.45) is 35.7. The van der Waals surface area contributed by atoms with E-state index in [4.69, 9.17) is 9.47 Å². The van der Waals surface area contributed by atoms with Gasteiger partial charge in [0.2, 0.25) is 0 Å². The summed E-state index contributed by atoms with van der Waals surface area (Å²) < 4.78 is 11.5. The number of hydrogen-bond acceptors (Lipinski definition) is 6. The van der Waals surface area contributed by atoms with Gasteiger partial charge in [-0.15, -0.1) is 0 Å². The average Bonchev–Trinajstić information content (AvgIpc) is 3.09. The number of aliphatic hydroxyl groups is 1. The third-order valence-electron chi connectivity index (χ3n) is 10.1. The number of hydrogen-bond donors (Lipinski definition) is 1. The van der Waals surface area contributed by atoms with E-state index >= 15 is 0 Å². The molecule has 0 fully saturated rings. The van der Waals surface area contributed by atoms with Gasteiger partial charge in [0.25, 0.3) is 0 Å². The molecule has 0 aliphatic carbocycles. The van der Waals surface area contributed by atoms with Crippen molar-refractivity contribution < 1.29 is 24.2 Å². The zero-order chi connectivity index (χ0) is 36.8. The molecule has 6 nitrogen and oxygen atoms in total. The molecule has 0 amide bonds. The minimum absolute atomic E-state index is 0.00843. The van der Waals surface area contributed by atoms with Gasteiger partial charge < -0.3 is 19.5 Å². The molecule has 0 rings (SSSR count). The van der Waals surface area contributed by atoms with E-state index in [0.717, 1.165) is 103 Å². The van der Waals surface area contributed by atoms with Crippen molar-refractivity contribution >= 4 is 11.9 Å². The summed E-state index contributed by atoms with van der Waals surface area (Å²) >= 11 is 0. The second kappa shape index (κ2) is 39.1. The number of aliphatic hydroxyl groups excluding tert-OH is 1. The summed E-state index contributed by atoms with van der Waals surface area (Å²) in [7, 11) is 0. The number of ether oxygens (including phenoxy) is 2. The lowest BCUT2D eigenvalue weighted by Gasteiger charge is -2.21. The van der Waals surface area contributed by atoms with Crippen LogP contribution in [0.5, 0.6) is 0 Å². The number of nitrogens with zero attached hydrogens (tertiary/aromatic N) is 1. The quantitative estimate of drug-likeness (QED) is 0.0504. The second-order valence-corrected chi connectivity index (χ2v) is 15.6. The summed E-state index contributed by atoms with van der Waals surface area (Å²) in [4.78, 5) is 27.1. The van der Waals surface area contributed by atoms with Crippen molar-refractivity contribution in [1.82, 2.24) is 4.90 Å². The molecule has 0 heterocycles. The first-order chi connectivity index (χ1) is 24.4. The molecule has 0 radical (unpaired) electrons. The summed E-state index contributed by atoms with van der Waals surface area (Å²) in [5, 5.41) is 9.53. The fourth-order valence-electron chi connectivity index (χ4n) is 6.83. The zero-order valence-electron chi connectivity index (χ0n) is 34.1. The van der Waals surface area contributed by atoms with E-state index in [1.165, 1.54) is 109 Å². The van der Waals surface area contributed by atoms with Crippen molar-refractivity contribution in [3.8, 4) is 0 Å². The van der Waals surface area contributed by atoms with Crippen LogP contribution >= 0.6 is 0 Å². The SMILES string of the molecule is CCCCCCCCC(CCCCCCCC)OC(=O)CCCCCCCN(CCO)CCCCCOC(=O)CCCCCCCCC(C)C. The molecule has 298 valence electrons. The van der Waals surface area contributed by atoms with E-state index in [-0.39, 0.29) is 24.6 Å². The largest absolute Gasteiger partial charge is 0.466 e. The van der Waals surface area contributed by atoms with Gasteiger partial charge in [-0.05, 0) is 83.2 Å². The van der Waals surface area contributed by atoms with Crippen molar-refractivity contribution in [3.05, 3.63) is 0 Å². The van der Waals surface area contributed by atoms with Crippen LogP contribution in [0.3, 0.4) is 0 Å². The van der Waals surface area contributed by atoms with Gasteiger partial charge in [0.1, 0.15) is 6.10 Å². The molecule has 50 heavy (non-hydrogen) atoms. The molecule has 0 aromatic rings. The molecule has 0 aromatic carbocycles. The van der Waals surface area contributed by atoms with Gasteiger partial charge in [0, 0.05) is 19.4 Å². The van der Waals surface area contributed by atoms with Gasteiger partial charge in [0.15, 0.2) is 0 Å². The Hall–Kier alpha value is -1.14. The first kappa shape index (κ1) is 48.9. The van der Waals surface area contributed by atoms with Gasteiger partial charge >= 0.3 is 11.9 Å². The van der Waals surface area contributed by atoms with Crippen LogP contribution in [0.2, 0.25) is 0 Å². The molecule has 0 aliphatic rings. The zero-order valence-corrected chi connectivity index (χ0v) is 34.1. The second-order valence-electron chi connectivity index (χ2n) is 15.6. The molecular weight excluding hydrogens is 622 g/mol. The van der Waals surface area contributed by atoms with E-state index < -0.39 is 0 Å². The summed E-state index contributed by atoms with van der Waals surface area (Å²) in [5.41, 5.74) is 0. The third-order valence-corrected chi connectivity index (χ3v) is 10.1. The summed E-state index contributed by atoms with van der Waals surface area (Å²) in [6.45, 7) is 12.5. The lowest BCUT2D eigenvalue weighted by atomic mass is 10.0. The smallest absolute Gasteiger partial charge is 0.306 e. The Kier molecular flexibility index (Phi) is 38.2. The van der Waals surface area contributed by atoms with Gasteiger partial charge in [0.05, 0.1) is 13.2 Å². The number of unbranched alkanes of at least 4 members (excludes halogenated alkanes) is 21. The van der Waals surface area contributed by atoms with Crippen molar-refractivity contribution in [1.29, 1.82) is 0 Å². The van der Waals surface area contributed by atoms with Crippen LogP contribution in [0, 0.1) is 5.92 Å². The molecule has 0 bridgehead atoms. The first-order valence-electron chi connectivity index (χ1n) is 22.1. The van der Waals surface area contributed by atoms with Crippen LogP contribution in [0.15, 0.2) is 0 Å². The molecule has 0 saturated heterocycles. The van der Waals surface area contributed by atoms with Crippen LogP contribution in [-0.4, -0.2) is 60.9 Å². The molecule has 0 saturated carbocycles. The van der Waals surface area contributed by atoms with Crippen molar-refractivity contribution in [2.45, 2.75) is 233 Å². The highest BCUT2D eigenvalue weighted by Crippen LogP contribution is 2.18. The highest BCUT2D eigenvalue weighted by atomic mass is 16.5. The number of esters is 2. The Labute approximate surface area is 312 Å². The Morgan fingerprint density at radius 3 is 1.42 bits per heavy atom. The lowest BCUT2D eigenvalue weighted by Crippen LogP contribution is -2.29. The van der Waals surface area contributed by atoms with Crippen LogP contribution in [0.1, 0.15) is 227 Å². The molecule has 0 aliphatic heterocycles. The van der Waals surface area contributed by atoms with Crippen LogP contribution in [0.4, 0.5) is 0 Å². The maximum atomic E-state index is 12.7. The normalized spacial score (nSPS) is 11.7. The van der Waals surface area contributed by atoms with Gasteiger partial charge in [-0.2, -0.15) is 0 Å². The fourth-order valence-corrected chi connectivity index (χ4v) is 6.83. The highest BCUT2D eigenvalue weighted by molar-refractivity contribution is 5.69. The summed E-state index contributed by atoms with van der Waals surface area (Å²) in [6, 6.07) is 0. The molecule has 0 atom stereocenters. The number of carbonyl (C=O) groups is 2. The predicted octanol–water partition coefficient (Wildman–Crippen LogP) is 12.5. The molecule has 0 unspecified atom stereocenters. The van der Waals surface area contributed by atoms with Crippen LogP contribution in [0.25, 0.3) is 0 Å². The third kappa shape index (κ3) is 36.6. The Morgan fingerprint density at radius 2 is 0.920 bits per heavy atom. The Morgan fingerprint density at radius 1 is 0.500 bits per heavy atom. The highest BCUT2D eigenvalue weighted by Gasteiger charge is 2.14. The minimum atomic E-state index is -0.0419. The monoisotopic (exact) mass is 710 g/mol. The van der Waals surface area contributed by atoms with Gasteiger partial charge in [-0.1, -0.05) is 150 Å². The van der Waals surface area contributed by atoms with Gasteiger partial charge in [-0.3, -0.25) is 9.59 Å². The van der Waals surface area contributed by atoms with Crippen LogP contribution < -0.4 is 0 Å². The average molecular weight is 710 g/mol. The van der Waals surface area contributed by atoms with Crippen molar-refractivity contribution in [2.75, 3.05) is 32.8 Å². The van der Waals surface area contributed by atoms with E-state index in [9.17, 15) is 14.7 Å². The first-order valence-corrected chi connectivity index (χ1v) is 22.1.